The van der Waals surface area contributed by atoms with Gasteiger partial charge in [-0.05, 0) is 24.0 Å². The highest BCUT2D eigenvalue weighted by atomic mass is 16.5. The fourth-order valence-electron chi connectivity index (χ4n) is 4.46. The van der Waals surface area contributed by atoms with Crippen molar-refractivity contribution in [1.29, 1.82) is 0 Å². The Balaban J connectivity index is 1.18. The Labute approximate surface area is 164 Å². The van der Waals surface area contributed by atoms with Gasteiger partial charge in [0.05, 0.1) is 18.2 Å². The van der Waals surface area contributed by atoms with Crippen molar-refractivity contribution < 1.29 is 4.52 Å². The van der Waals surface area contributed by atoms with Crippen LogP contribution in [0.15, 0.2) is 46.5 Å². The zero-order valence-electron chi connectivity index (χ0n) is 15.7. The van der Waals surface area contributed by atoms with Gasteiger partial charge in [-0.3, -0.25) is 14.3 Å². The predicted molar refractivity (Wildman–Crippen MR) is 102 cm³/mol. The van der Waals surface area contributed by atoms with E-state index in [9.17, 15) is 4.79 Å². The Morgan fingerprint density at radius 2 is 2.03 bits per heavy atom. The summed E-state index contributed by atoms with van der Waals surface area (Å²) in [7, 11) is 1.77. The molecule has 0 aromatic carbocycles. The fourth-order valence-corrected chi connectivity index (χ4v) is 4.46. The summed E-state index contributed by atoms with van der Waals surface area (Å²) in [6, 6.07) is 4.05. The van der Waals surface area contributed by atoms with Crippen LogP contribution < -0.4 is 10.5 Å². The second-order valence-corrected chi connectivity index (χ2v) is 7.72. The SMILES string of the molecule is Cn1cnc2ncn(Cc3nc([C@@H]4[C@@H]5CN(c6cccnc6)C[C@@H]54)no3)c(=O)c21. The van der Waals surface area contributed by atoms with Gasteiger partial charge in [0.15, 0.2) is 17.0 Å². The van der Waals surface area contributed by atoms with E-state index in [2.05, 4.69) is 36.1 Å². The summed E-state index contributed by atoms with van der Waals surface area (Å²) in [4.78, 5) is 32.1. The van der Waals surface area contributed by atoms with Crippen LogP contribution in [0, 0.1) is 11.8 Å². The molecule has 4 aromatic heterocycles. The first-order valence-corrected chi connectivity index (χ1v) is 9.53. The Bertz CT molecular complexity index is 1250. The maximum atomic E-state index is 12.7. The van der Waals surface area contributed by atoms with Crippen molar-refractivity contribution in [3.05, 3.63) is 59.2 Å². The number of pyridine rings is 1. The highest BCUT2D eigenvalue weighted by Crippen LogP contribution is 2.57. The molecule has 0 radical (unpaired) electrons. The number of hydrogen-bond donors (Lipinski definition) is 0. The van der Waals surface area contributed by atoms with Gasteiger partial charge in [-0.1, -0.05) is 5.16 Å². The van der Waals surface area contributed by atoms with Gasteiger partial charge in [-0.2, -0.15) is 4.98 Å². The number of rotatable bonds is 4. The topological polar surface area (TPSA) is 108 Å². The maximum absolute atomic E-state index is 12.7. The van der Waals surface area contributed by atoms with E-state index in [1.807, 2.05) is 12.3 Å². The molecule has 10 nitrogen and oxygen atoms in total. The number of imidazole rings is 1. The molecule has 2 fully saturated rings. The summed E-state index contributed by atoms with van der Waals surface area (Å²) in [6.07, 6.45) is 6.74. The molecule has 0 bridgehead atoms. The lowest BCUT2D eigenvalue weighted by Crippen LogP contribution is -2.24. The van der Waals surface area contributed by atoms with Crippen LogP contribution in [-0.4, -0.2) is 47.3 Å². The number of fused-ring (bicyclic) bond motifs is 2. The summed E-state index contributed by atoms with van der Waals surface area (Å²) < 4.78 is 8.57. The molecule has 1 aliphatic carbocycles. The summed E-state index contributed by atoms with van der Waals surface area (Å²) >= 11 is 0. The number of aromatic nitrogens is 7. The smallest absolute Gasteiger partial charge is 0.280 e. The molecule has 0 unspecified atom stereocenters. The Kier molecular flexibility index (Phi) is 3.37. The lowest BCUT2D eigenvalue weighted by atomic mass is 10.2. The molecule has 6 rings (SSSR count). The largest absolute Gasteiger partial charge is 0.370 e. The summed E-state index contributed by atoms with van der Waals surface area (Å²) in [5.41, 5.74) is 1.87. The predicted octanol–water partition coefficient (Wildman–Crippen LogP) is 0.806. The quantitative estimate of drug-likeness (QED) is 0.504. The molecule has 10 heteroatoms. The highest BCUT2D eigenvalue weighted by Gasteiger charge is 2.58. The van der Waals surface area contributed by atoms with Crippen molar-refractivity contribution in [1.82, 2.24) is 34.2 Å². The van der Waals surface area contributed by atoms with Crippen molar-refractivity contribution >= 4 is 16.9 Å². The number of hydrogen-bond acceptors (Lipinski definition) is 8. The van der Waals surface area contributed by atoms with Gasteiger partial charge in [0.2, 0.25) is 5.89 Å². The average Bonchev–Trinajstić information content (AvgIpc) is 3.16. The molecule has 3 atom stereocenters. The van der Waals surface area contributed by atoms with Crippen molar-refractivity contribution in [2.45, 2.75) is 12.5 Å². The van der Waals surface area contributed by atoms with Crippen LogP contribution in [0.1, 0.15) is 17.6 Å². The molecule has 1 saturated carbocycles. The molecule has 1 aliphatic heterocycles. The first kappa shape index (κ1) is 16.4. The van der Waals surface area contributed by atoms with E-state index in [1.54, 1.807) is 24.1 Å². The lowest BCUT2D eigenvalue weighted by Gasteiger charge is -2.20. The van der Waals surface area contributed by atoms with Crippen LogP contribution >= 0.6 is 0 Å². The lowest BCUT2D eigenvalue weighted by molar-refractivity contribution is 0.363. The van der Waals surface area contributed by atoms with Crippen molar-refractivity contribution in [2.75, 3.05) is 18.0 Å². The third-order valence-electron chi connectivity index (χ3n) is 5.99. The third kappa shape index (κ3) is 2.55. The van der Waals surface area contributed by atoms with Crippen molar-refractivity contribution in [3.63, 3.8) is 0 Å². The first-order chi connectivity index (χ1) is 14.2. The molecule has 4 aromatic rings. The Morgan fingerprint density at radius 1 is 1.21 bits per heavy atom. The minimum absolute atomic E-state index is 0.176. The fraction of sp³-hybridized carbons (Fsp3) is 0.368. The van der Waals surface area contributed by atoms with E-state index >= 15 is 0 Å². The van der Waals surface area contributed by atoms with E-state index in [1.165, 1.54) is 10.9 Å². The number of anilines is 1. The van der Waals surface area contributed by atoms with Crippen LogP contribution in [0.2, 0.25) is 0 Å². The van der Waals surface area contributed by atoms with Gasteiger partial charge in [0, 0.05) is 32.3 Å². The normalized spacial score (nSPS) is 22.9. The average molecular weight is 390 g/mol. The number of nitrogens with zero attached hydrogens (tertiary/aromatic N) is 8. The standard InChI is InChI=1S/C19H18N8O2/c1-25-9-21-18-16(25)19(28)27(10-22-18)8-14-23-17(24-29-14)15-12-6-26(7-13(12)15)11-3-2-4-20-5-11/h2-5,9-10,12-13,15H,6-8H2,1H3/t12-,13+,15-. The molecule has 29 heavy (non-hydrogen) atoms. The Morgan fingerprint density at radius 3 is 2.83 bits per heavy atom. The van der Waals surface area contributed by atoms with Gasteiger partial charge in [0.25, 0.3) is 5.56 Å². The van der Waals surface area contributed by atoms with Crippen LogP contribution in [-0.2, 0) is 13.6 Å². The second kappa shape index (κ2) is 5.97. The van der Waals surface area contributed by atoms with Gasteiger partial charge >= 0.3 is 0 Å². The van der Waals surface area contributed by atoms with Crippen molar-refractivity contribution in [2.24, 2.45) is 18.9 Å². The summed E-state index contributed by atoms with van der Waals surface area (Å²) in [5.74, 6) is 2.56. The van der Waals surface area contributed by atoms with E-state index in [0.29, 0.717) is 34.8 Å². The molecule has 1 saturated heterocycles. The molecule has 2 aliphatic rings. The van der Waals surface area contributed by atoms with Gasteiger partial charge < -0.3 is 14.0 Å². The minimum Gasteiger partial charge on any atom is -0.370 e. The summed E-state index contributed by atoms with van der Waals surface area (Å²) in [6.45, 7) is 2.15. The third-order valence-corrected chi connectivity index (χ3v) is 5.99. The molecule has 0 spiro atoms. The zero-order chi connectivity index (χ0) is 19.5. The summed E-state index contributed by atoms with van der Waals surface area (Å²) in [5, 5.41) is 4.18. The highest BCUT2D eigenvalue weighted by molar-refractivity contribution is 5.68. The molecule has 0 N–H and O–H groups in total. The van der Waals surface area contributed by atoms with Crippen molar-refractivity contribution in [3.8, 4) is 0 Å². The van der Waals surface area contributed by atoms with Crippen LogP contribution in [0.5, 0.6) is 0 Å². The molecular formula is C19H18N8O2. The monoisotopic (exact) mass is 390 g/mol. The number of aryl methyl sites for hydroxylation is 1. The van der Waals surface area contributed by atoms with Crippen LogP contribution in [0.4, 0.5) is 5.69 Å². The first-order valence-electron chi connectivity index (χ1n) is 9.53. The zero-order valence-corrected chi connectivity index (χ0v) is 15.7. The molecule has 146 valence electrons. The van der Waals surface area contributed by atoms with E-state index in [-0.39, 0.29) is 12.1 Å². The van der Waals surface area contributed by atoms with E-state index in [4.69, 9.17) is 4.52 Å². The van der Waals surface area contributed by atoms with Gasteiger partial charge in [-0.15, -0.1) is 0 Å². The van der Waals surface area contributed by atoms with Gasteiger partial charge in [0.1, 0.15) is 12.9 Å². The van der Waals surface area contributed by atoms with E-state index in [0.717, 1.165) is 24.6 Å². The molecule has 0 amide bonds. The maximum Gasteiger partial charge on any atom is 0.280 e. The Hall–Kier alpha value is -3.56. The minimum atomic E-state index is -0.176. The number of piperidine rings is 1. The van der Waals surface area contributed by atoms with E-state index < -0.39 is 0 Å². The molecular weight excluding hydrogens is 372 g/mol. The van der Waals surface area contributed by atoms with Crippen LogP contribution in [0.3, 0.4) is 0 Å². The molecule has 5 heterocycles. The van der Waals surface area contributed by atoms with Gasteiger partial charge in [-0.25, -0.2) is 9.97 Å². The van der Waals surface area contributed by atoms with Crippen LogP contribution in [0.25, 0.3) is 11.2 Å². The second-order valence-electron chi connectivity index (χ2n) is 7.72.